The number of carbonyl (C=O) groups excluding carboxylic acids is 3. The average Bonchev–Trinajstić information content (AvgIpc) is 2.90. The first-order valence-electron chi connectivity index (χ1n) is 12.1. The molecule has 0 saturated carbocycles. The number of allylic oxidation sites excluding steroid dienone is 2. The van der Waals surface area contributed by atoms with Gasteiger partial charge < -0.3 is 20.1 Å². The first kappa shape index (κ1) is 28.5. The summed E-state index contributed by atoms with van der Waals surface area (Å²) in [7, 11) is 0. The zero-order valence-corrected chi connectivity index (χ0v) is 20.7. The van der Waals surface area contributed by atoms with Crippen molar-refractivity contribution in [1.82, 2.24) is 10.2 Å². The number of aliphatic hydroxyl groups is 1. The van der Waals surface area contributed by atoms with Crippen molar-refractivity contribution < 1.29 is 24.2 Å². The first-order chi connectivity index (χ1) is 17.5. The molecule has 2 aromatic carbocycles. The highest BCUT2D eigenvalue weighted by molar-refractivity contribution is 5.86. The summed E-state index contributed by atoms with van der Waals surface area (Å²) in [5, 5.41) is 12.4. The molecule has 0 saturated heterocycles. The monoisotopic (exact) mass is 492 g/mol. The van der Waals surface area contributed by atoms with E-state index in [4.69, 9.17) is 4.74 Å². The van der Waals surface area contributed by atoms with Crippen LogP contribution in [0.25, 0.3) is 0 Å². The molecule has 0 fully saturated rings. The molecule has 0 aliphatic rings. The zero-order chi connectivity index (χ0) is 26.2. The summed E-state index contributed by atoms with van der Waals surface area (Å²) in [5.41, 5.74) is 1.73. The number of esters is 1. The molecule has 2 rings (SSSR count). The maximum Gasteiger partial charge on any atom is 0.306 e. The van der Waals surface area contributed by atoms with Crippen LogP contribution in [0.1, 0.15) is 42.9 Å². The summed E-state index contributed by atoms with van der Waals surface area (Å²) in [6.07, 6.45) is 4.25. The molecule has 0 aromatic heterocycles. The Balaban J connectivity index is 2.11. The van der Waals surface area contributed by atoms with E-state index in [9.17, 15) is 19.5 Å². The van der Waals surface area contributed by atoms with Crippen molar-refractivity contribution >= 4 is 17.8 Å². The minimum absolute atomic E-state index is 0.0227. The molecule has 2 N–H and O–H groups in total. The lowest BCUT2D eigenvalue weighted by atomic mass is 9.98. The second-order valence-electron chi connectivity index (χ2n) is 8.43. The average molecular weight is 493 g/mol. The van der Waals surface area contributed by atoms with E-state index >= 15 is 0 Å². The van der Waals surface area contributed by atoms with Crippen LogP contribution in [0.2, 0.25) is 0 Å². The van der Waals surface area contributed by atoms with Crippen molar-refractivity contribution in [3.8, 4) is 0 Å². The normalized spacial score (nSPS) is 12.1. The van der Waals surface area contributed by atoms with Crippen LogP contribution in [-0.4, -0.2) is 47.5 Å². The van der Waals surface area contributed by atoms with Gasteiger partial charge in [-0.3, -0.25) is 14.4 Å². The number of hydrogen-bond acceptors (Lipinski definition) is 5. The van der Waals surface area contributed by atoms with Gasteiger partial charge in [-0.25, -0.2) is 0 Å². The maximum atomic E-state index is 13.3. The number of benzene rings is 2. The third kappa shape index (κ3) is 9.88. The second-order valence-corrected chi connectivity index (χ2v) is 8.43. The summed E-state index contributed by atoms with van der Waals surface area (Å²) < 4.78 is 5.39. The van der Waals surface area contributed by atoms with Gasteiger partial charge >= 0.3 is 5.97 Å². The minimum Gasteiger partial charge on any atom is -0.463 e. The SMILES string of the molecule is C=CCCC(=O)OC[C@@H](NC(=O)[C@@H](CC=C)CC(=O)N(CCO)Cc1ccccc1)c1ccccc1. The van der Waals surface area contributed by atoms with E-state index in [0.29, 0.717) is 19.4 Å². The molecule has 2 aromatic rings. The van der Waals surface area contributed by atoms with E-state index in [1.165, 1.54) is 0 Å². The number of nitrogens with zero attached hydrogens (tertiary/aromatic N) is 1. The number of nitrogens with one attached hydrogen (secondary N) is 1. The maximum absolute atomic E-state index is 13.3. The summed E-state index contributed by atoms with van der Waals surface area (Å²) in [6.45, 7) is 7.66. The number of carbonyl (C=O) groups is 3. The molecule has 2 amide bonds. The van der Waals surface area contributed by atoms with Crippen molar-refractivity contribution in [2.45, 2.75) is 38.3 Å². The molecular formula is C29H36N2O5. The topological polar surface area (TPSA) is 95.9 Å². The quantitative estimate of drug-likeness (QED) is 0.273. The van der Waals surface area contributed by atoms with Crippen LogP contribution in [0, 0.1) is 5.92 Å². The van der Waals surface area contributed by atoms with Crippen LogP contribution in [0.3, 0.4) is 0 Å². The second kappa shape index (κ2) is 16.1. The Morgan fingerprint density at radius 2 is 1.67 bits per heavy atom. The van der Waals surface area contributed by atoms with Crippen molar-refractivity contribution in [3.05, 3.63) is 97.1 Å². The highest BCUT2D eigenvalue weighted by Gasteiger charge is 2.27. The van der Waals surface area contributed by atoms with E-state index < -0.39 is 12.0 Å². The molecule has 0 spiro atoms. The lowest BCUT2D eigenvalue weighted by Gasteiger charge is -2.26. The van der Waals surface area contributed by atoms with Gasteiger partial charge in [0.15, 0.2) is 0 Å². The fourth-order valence-electron chi connectivity index (χ4n) is 3.71. The molecule has 0 aliphatic carbocycles. The Labute approximate surface area is 213 Å². The van der Waals surface area contributed by atoms with Crippen LogP contribution in [-0.2, 0) is 25.7 Å². The first-order valence-corrected chi connectivity index (χ1v) is 12.1. The van der Waals surface area contributed by atoms with Crippen LogP contribution in [0.15, 0.2) is 86.0 Å². The number of amides is 2. The molecule has 2 atom stereocenters. The van der Waals surface area contributed by atoms with Crippen molar-refractivity contribution in [3.63, 3.8) is 0 Å². The Morgan fingerprint density at radius 3 is 2.28 bits per heavy atom. The molecule has 7 heteroatoms. The lowest BCUT2D eigenvalue weighted by Crippen LogP contribution is -2.40. The van der Waals surface area contributed by atoms with Crippen LogP contribution in [0.5, 0.6) is 0 Å². The molecule has 36 heavy (non-hydrogen) atoms. The van der Waals surface area contributed by atoms with Gasteiger partial charge in [0.2, 0.25) is 11.8 Å². The molecule has 7 nitrogen and oxygen atoms in total. The van der Waals surface area contributed by atoms with Gasteiger partial charge in [-0.15, -0.1) is 13.2 Å². The predicted molar refractivity (Wildman–Crippen MR) is 140 cm³/mol. The Kier molecular flexibility index (Phi) is 12.7. The van der Waals surface area contributed by atoms with Crippen molar-refractivity contribution in [2.75, 3.05) is 19.8 Å². The summed E-state index contributed by atoms with van der Waals surface area (Å²) in [6, 6.07) is 18.2. The summed E-state index contributed by atoms with van der Waals surface area (Å²) in [5.74, 6) is -1.59. The third-order valence-corrected chi connectivity index (χ3v) is 5.66. The molecule has 0 bridgehead atoms. The van der Waals surface area contributed by atoms with Crippen LogP contribution in [0.4, 0.5) is 0 Å². The Morgan fingerprint density at radius 1 is 1.00 bits per heavy atom. The Bertz CT molecular complexity index is 978. The number of rotatable bonds is 16. The van der Waals surface area contributed by atoms with Crippen LogP contribution < -0.4 is 5.32 Å². The number of ether oxygens (including phenoxy) is 1. The number of aliphatic hydroxyl groups excluding tert-OH is 1. The fraction of sp³-hybridized carbons (Fsp3) is 0.345. The third-order valence-electron chi connectivity index (χ3n) is 5.66. The molecule has 0 unspecified atom stereocenters. The fourth-order valence-corrected chi connectivity index (χ4v) is 3.71. The van der Waals surface area contributed by atoms with E-state index in [1.54, 1.807) is 17.1 Å². The molecular weight excluding hydrogens is 456 g/mol. The molecule has 192 valence electrons. The van der Waals surface area contributed by atoms with E-state index in [2.05, 4.69) is 18.5 Å². The van der Waals surface area contributed by atoms with Gasteiger partial charge in [0.05, 0.1) is 18.6 Å². The van der Waals surface area contributed by atoms with Gasteiger partial charge in [0, 0.05) is 25.9 Å². The van der Waals surface area contributed by atoms with Crippen LogP contribution >= 0.6 is 0 Å². The van der Waals surface area contributed by atoms with Gasteiger partial charge in [-0.1, -0.05) is 72.8 Å². The van der Waals surface area contributed by atoms with E-state index in [1.807, 2.05) is 60.7 Å². The summed E-state index contributed by atoms with van der Waals surface area (Å²) in [4.78, 5) is 40.0. The molecule has 0 aliphatic heterocycles. The largest absolute Gasteiger partial charge is 0.463 e. The van der Waals surface area contributed by atoms with Crippen molar-refractivity contribution in [2.24, 2.45) is 5.92 Å². The standard InChI is InChI=1S/C29H36N2O5/c1-3-5-17-28(34)36-22-26(24-15-10-7-11-16-24)30-29(35)25(12-4-2)20-27(33)31(18-19-32)21-23-13-8-6-9-14-23/h3-4,6-11,13-16,25-26,32H,1-2,5,12,17-22H2,(H,30,35)/t25-,26+/m0/s1. The predicted octanol–water partition coefficient (Wildman–Crippen LogP) is 3.96. The molecule has 0 radical (unpaired) electrons. The van der Waals surface area contributed by atoms with Gasteiger partial charge in [-0.05, 0) is 24.0 Å². The number of hydrogen-bond donors (Lipinski definition) is 2. The van der Waals surface area contributed by atoms with Gasteiger partial charge in [0.1, 0.15) is 6.61 Å². The van der Waals surface area contributed by atoms with Crippen molar-refractivity contribution in [1.29, 1.82) is 0 Å². The smallest absolute Gasteiger partial charge is 0.306 e. The minimum atomic E-state index is -0.658. The highest BCUT2D eigenvalue weighted by Crippen LogP contribution is 2.19. The highest BCUT2D eigenvalue weighted by atomic mass is 16.5. The zero-order valence-electron chi connectivity index (χ0n) is 20.7. The molecule has 0 heterocycles. The van der Waals surface area contributed by atoms with E-state index in [0.717, 1.165) is 11.1 Å². The van der Waals surface area contributed by atoms with E-state index in [-0.39, 0.29) is 50.4 Å². The van der Waals surface area contributed by atoms with Gasteiger partial charge in [0.25, 0.3) is 0 Å². The summed E-state index contributed by atoms with van der Waals surface area (Å²) >= 11 is 0. The Hall–Kier alpha value is -3.71. The van der Waals surface area contributed by atoms with Gasteiger partial charge in [-0.2, -0.15) is 0 Å². The lowest BCUT2D eigenvalue weighted by molar-refractivity contribution is -0.145.